The Morgan fingerprint density at radius 3 is 2.11 bits per heavy atom. The van der Waals surface area contributed by atoms with Crippen LogP contribution in [-0.2, 0) is 23.7 Å². The van der Waals surface area contributed by atoms with Crippen molar-refractivity contribution < 1.29 is 23.7 Å². The highest BCUT2D eigenvalue weighted by Crippen LogP contribution is 2.35. The number of thiol groups is 1. The SMILES string of the molecule is SCO[C@@H]1COC(c2ccccc2)O[C@H]1[C@H]1CCOC(c2ccccc2)O1. The van der Waals surface area contributed by atoms with Crippen LogP contribution < -0.4 is 0 Å². The third-order valence-electron chi connectivity index (χ3n) is 4.83. The molecule has 6 heteroatoms. The topological polar surface area (TPSA) is 46.2 Å². The fourth-order valence-electron chi connectivity index (χ4n) is 3.48. The Morgan fingerprint density at radius 1 is 0.852 bits per heavy atom. The molecule has 2 aromatic rings. The first-order chi connectivity index (χ1) is 13.3. The molecule has 144 valence electrons. The molecule has 0 radical (unpaired) electrons. The van der Waals surface area contributed by atoms with E-state index >= 15 is 0 Å². The van der Waals surface area contributed by atoms with Crippen molar-refractivity contribution >= 4 is 12.6 Å². The zero-order chi connectivity index (χ0) is 18.5. The second-order valence-electron chi connectivity index (χ2n) is 6.59. The van der Waals surface area contributed by atoms with Gasteiger partial charge < -0.3 is 23.7 Å². The molecule has 5 nitrogen and oxygen atoms in total. The Kier molecular flexibility index (Phi) is 6.44. The predicted octanol–water partition coefficient (Wildman–Crippen LogP) is 3.88. The molecule has 0 amide bonds. The van der Waals surface area contributed by atoms with Crippen LogP contribution in [0.2, 0.25) is 0 Å². The Labute approximate surface area is 164 Å². The molecule has 2 aromatic carbocycles. The Morgan fingerprint density at radius 2 is 1.48 bits per heavy atom. The third-order valence-corrected chi connectivity index (χ3v) is 4.98. The van der Waals surface area contributed by atoms with Crippen molar-refractivity contribution in [2.45, 2.75) is 37.3 Å². The Hall–Kier alpha value is -1.41. The molecule has 2 fully saturated rings. The minimum Gasteiger partial charge on any atom is -0.363 e. The summed E-state index contributed by atoms with van der Waals surface area (Å²) < 4.78 is 30.1. The lowest BCUT2D eigenvalue weighted by Crippen LogP contribution is -2.51. The van der Waals surface area contributed by atoms with Crippen LogP contribution in [0, 0.1) is 0 Å². The maximum Gasteiger partial charge on any atom is 0.184 e. The molecule has 2 saturated heterocycles. The van der Waals surface area contributed by atoms with E-state index in [1.807, 2.05) is 60.7 Å². The zero-order valence-corrected chi connectivity index (χ0v) is 15.9. The van der Waals surface area contributed by atoms with Crippen LogP contribution in [0.4, 0.5) is 0 Å². The largest absolute Gasteiger partial charge is 0.363 e. The van der Waals surface area contributed by atoms with Crippen molar-refractivity contribution in [2.75, 3.05) is 19.2 Å². The summed E-state index contributed by atoms with van der Waals surface area (Å²) in [6.45, 7) is 1.04. The Bertz CT molecular complexity index is 698. The van der Waals surface area contributed by atoms with Crippen molar-refractivity contribution in [1.82, 2.24) is 0 Å². The number of hydrogen-bond donors (Lipinski definition) is 1. The van der Waals surface area contributed by atoms with Gasteiger partial charge in [0.05, 0.1) is 25.3 Å². The first-order valence-electron chi connectivity index (χ1n) is 9.21. The van der Waals surface area contributed by atoms with Crippen molar-refractivity contribution in [3.05, 3.63) is 71.8 Å². The minimum absolute atomic E-state index is 0.149. The van der Waals surface area contributed by atoms with Crippen LogP contribution >= 0.6 is 12.6 Å². The second kappa shape index (κ2) is 9.19. The van der Waals surface area contributed by atoms with Gasteiger partial charge in [-0.15, -0.1) is 0 Å². The van der Waals surface area contributed by atoms with Crippen LogP contribution in [0.3, 0.4) is 0 Å². The van der Waals surface area contributed by atoms with Gasteiger partial charge in [-0.25, -0.2) is 0 Å². The normalized spacial score (nSPS) is 31.5. The van der Waals surface area contributed by atoms with Crippen LogP contribution in [0.5, 0.6) is 0 Å². The predicted molar refractivity (Wildman–Crippen MR) is 103 cm³/mol. The number of hydrogen-bond acceptors (Lipinski definition) is 6. The average molecular weight is 388 g/mol. The smallest absolute Gasteiger partial charge is 0.184 e. The van der Waals surface area contributed by atoms with Crippen molar-refractivity contribution in [1.29, 1.82) is 0 Å². The fourth-order valence-corrected chi connectivity index (χ4v) is 3.67. The van der Waals surface area contributed by atoms with Gasteiger partial charge >= 0.3 is 0 Å². The van der Waals surface area contributed by atoms with E-state index in [0.717, 1.165) is 17.5 Å². The van der Waals surface area contributed by atoms with Crippen molar-refractivity contribution in [3.63, 3.8) is 0 Å². The lowest BCUT2D eigenvalue weighted by atomic mass is 10.0. The van der Waals surface area contributed by atoms with E-state index in [2.05, 4.69) is 12.6 Å². The van der Waals surface area contributed by atoms with Crippen LogP contribution in [-0.4, -0.2) is 37.5 Å². The second-order valence-corrected chi connectivity index (χ2v) is 6.85. The molecule has 2 unspecified atom stereocenters. The number of rotatable bonds is 5. The average Bonchev–Trinajstić information content (AvgIpc) is 2.76. The highest BCUT2D eigenvalue weighted by molar-refractivity contribution is 7.80. The molecule has 0 N–H and O–H groups in total. The quantitative estimate of drug-likeness (QED) is 0.622. The Balaban J connectivity index is 1.50. The molecule has 0 spiro atoms. The molecule has 0 aliphatic carbocycles. The van der Waals surface area contributed by atoms with Gasteiger partial charge in [0.2, 0.25) is 0 Å². The molecule has 27 heavy (non-hydrogen) atoms. The standard InChI is InChI=1S/C21H24O5S/c27-14-24-18-13-23-21(16-9-5-2-6-10-16)26-19(18)17-11-12-22-20(25-17)15-7-3-1-4-8-15/h1-10,17-21,27H,11-14H2/t17-,18-,19+,20?,21?/m1/s1. The van der Waals surface area contributed by atoms with Crippen LogP contribution in [0.1, 0.15) is 30.1 Å². The maximum atomic E-state index is 6.30. The van der Waals surface area contributed by atoms with Crippen LogP contribution in [0.25, 0.3) is 0 Å². The van der Waals surface area contributed by atoms with Gasteiger partial charge in [0.15, 0.2) is 12.6 Å². The van der Waals surface area contributed by atoms with E-state index in [1.165, 1.54) is 0 Å². The summed E-state index contributed by atoms with van der Waals surface area (Å²) in [6, 6.07) is 19.9. The molecule has 0 aromatic heterocycles. The van der Waals surface area contributed by atoms with E-state index in [1.54, 1.807) is 0 Å². The van der Waals surface area contributed by atoms with Gasteiger partial charge in [0.25, 0.3) is 0 Å². The molecule has 2 aliphatic heterocycles. The van der Waals surface area contributed by atoms with E-state index in [4.69, 9.17) is 23.7 Å². The summed E-state index contributed by atoms with van der Waals surface area (Å²) in [4.78, 5) is 0. The summed E-state index contributed by atoms with van der Waals surface area (Å²) >= 11 is 4.20. The van der Waals surface area contributed by atoms with E-state index in [0.29, 0.717) is 19.2 Å². The van der Waals surface area contributed by atoms with E-state index in [-0.39, 0.29) is 18.3 Å². The lowest BCUT2D eigenvalue weighted by molar-refractivity contribution is -0.316. The van der Waals surface area contributed by atoms with E-state index in [9.17, 15) is 0 Å². The van der Waals surface area contributed by atoms with Gasteiger partial charge in [0.1, 0.15) is 12.2 Å². The molecular formula is C21H24O5S. The van der Waals surface area contributed by atoms with Crippen LogP contribution in [0.15, 0.2) is 60.7 Å². The summed E-state index contributed by atoms with van der Waals surface area (Å²) in [5.41, 5.74) is 1.99. The summed E-state index contributed by atoms with van der Waals surface area (Å²) in [7, 11) is 0. The molecule has 2 aliphatic rings. The molecule has 0 bridgehead atoms. The molecule has 4 rings (SSSR count). The zero-order valence-electron chi connectivity index (χ0n) is 15.0. The van der Waals surface area contributed by atoms with E-state index < -0.39 is 12.6 Å². The van der Waals surface area contributed by atoms with Crippen molar-refractivity contribution in [3.8, 4) is 0 Å². The number of benzene rings is 2. The monoisotopic (exact) mass is 388 g/mol. The summed E-state index contributed by atoms with van der Waals surface area (Å²) in [5, 5.41) is 0. The van der Waals surface area contributed by atoms with Gasteiger partial charge in [-0.1, -0.05) is 60.7 Å². The van der Waals surface area contributed by atoms with Gasteiger partial charge in [-0.05, 0) is 6.42 Å². The first-order valence-corrected chi connectivity index (χ1v) is 9.85. The highest BCUT2D eigenvalue weighted by atomic mass is 32.1. The third kappa shape index (κ3) is 4.54. The highest BCUT2D eigenvalue weighted by Gasteiger charge is 2.41. The van der Waals surface area contributed by atoms with Gasteiger partial charge in [-0.3, -0.25) is 0 Å². The van der Waals surface area contributed by atoms with Gasteiger partial charge in [0, 0.05) is 11.1 Å². The number of ether oxygens (including phenoxy) is 5. The first kappa shape index (κ1) is 18.9. The lowest BCUT2D eigenvalue weighted by Gasteiger charge is -2.42. The van der Waals surface area contributed by atoms with Gasteiger partial charge in [-0.2, -0.15) is 12.6 Å². The molecular weight excluding hydrogens is 364 g/mol. The maximum absolute atomic E-state index is 6.30. The molecule has 5 atom stereocenters. The molecule has 0 saturated carbocycles. The summed E-state index contributed by atoms with van der Waals surface area (Å²) in [5.74, 6) is 0.301. The van der Waals surface area contributed by atoms with Crippen molar-refractivity contribution in [2.24, 2.45) is 0 Å². The molecule has 2 heterocycles. The summed E-state index contributed by atoms with van der Waals surface area (Å²) in [6.07, 6.45) is -0.736. The minimum atomic E-state index is -0.433. The fraction of sp³-hybridized carbons (Fsp3) is 0.429.